The van der Waals surface area contributed by atoms with Crippen LogP contribution in [0.3, 0.4) is 0 Å². The van der Waals surface area contributed by atoms with E-state index < -0.39 is 0 Å². The van der Waals surface area contributed by atoms with Crippen LogP contribution < -0.4 is 11.1 Å². The minimum Gasteiger partial charge on any atom is -0.330 e. The minimum atomic E-state index is 0.0719. The predicted octanol–water partition coefficient (Wildman–Crippen LogP) is 2.87. The van der Waals surface area contributed by atoms with Crippen LogP contribution in [0.2, 0.25) is 0 Å². The van der Waals surface area contributed by atoms with Gasteiger partial charge in [-0.05, 0) is 37.3 Å². The normalized spacial score (nSPS) is 10.2. The van der Waals surface area contributed by atoms with E-state index in [0.717, 1.165) is 29.2 Å². The molecule has 0 fully saturated rings. The maximum absolute atomic E-state index is 11.7. The highest BCUT2D eigenvalue weighted by Gasteiger charge is 2.05. The maximum atomic E-state index is 11.7. The van der Waals surface area contributed by atoms with Crippen molar-refractivity contribution in [1.29, 1.82) is 0 Å². The van der Waals surface area contributed by atoms with Crippen LogP contribution >= 0.6 is 11.8 Å². The molecular weight excluding hydrogens is 232 g/mol. The molecule has 94 valence electrons. The number of carbonyl (C=O) groups is 1. The van der Waals surface area contributed by atoms with Crippen LogP contribution in [0.1, 0.15) is 26.2 Å². The highest BCUT2D eigenvalue weighted by Crippen LogP contribution is 2.26. The molecule has 0 unspecified atom stereocenters. The molecule has 1 amide bonds. The lowest BCUT2D eigenvalue weighted by atomic mass is 10.2. The lowest BCUT2D eigenvalue weighted by Gasteiger charge is -2.09. The fourth-order valence-corrected chi connectivity index (χ4v) is 2.25. The topological polar surface area (TPSA) is 55.1 Å². The average Bonchev–Trinajstić information content (AvgIpc) is 2.32. The molecule has 1 aromatic carbocycles. The summed E-state index contributed by atoms with van der Waals surface area (Å²) in [6.45, 7) is 2.75. The van der Waals surface area contributed by atoms with E-state index in [-0.39, 0.29) is 5.91 Å². The number of hydrogen-bond donors (Lipinski definition) is 2. The van der Waals surface area contributed by atoms with Gasteiger partial charge in [-0.15, -0.1) is 11.8 Å². The molecule has 0 aliphatic heterocycles. The van der Waals surface area contributed by atoms with Gasteiger partial charge in [0.05, 0.1) is 5.69 Å². The second kappa shape index (κ2) is 8.14. The van der Waals surface area contributed by atoms with E-state index in [0.29, 0.717) is 13.0 Å². The van der Waals surface area contributed by atoms with Gasteiger partial charge in [-0.25, -0.2) is 0 Å². The molecular formula is C13H20N2OS. The van der Waals surface area contributed by atoms with Gasteiger partial charge < -0.3 is 11.1 Å². The van der Waals surface area contributed by atoms with Crippen molar-refractivity contribution >= 4 is 23.4 Å². The van der Waals surface area contributed by atoms with Crippen molar-refractivity contribution in [2.24, 2.45) is 5.73 Å². The fourth-order valence-electron chi connectivity index (χ4n) is 1.49. The Bertz CT molecular complexity index is 355. The van der Waals surface area contributed by atoms with Gasteiger partial charge in [-0.1, -0.05) is 19.1 Å². The summed E-state index contributed by atoms with van der Waals surface area (Å²) in [4.78, 5) is 12.8. The summed E-state index contributed by atoms with van der Waals surface area (Å²) < 4.78 is 0. The van der Waals surface area contributed by atoms with Crippen LogP contribution in [0.5, 0.6) is 0 Å². The summed E-state index contributed by atoms with van der Waals surface area (Å²) in [5.74, 6) is 1.07. The van der Waals surface area contributed by atoms with Crippen molar-refractivity contribution in [3.63, 3.8) is 0 Å². The quantitative estimate of drug-likeness (QED) is 0.579. The number of rotatable bonds is 7. The highest BCUT2D eigenvalue weighted by molar-refractivity contribution is 7.99. The molecule has 0 bridgehead atoms. The zero-order chi connectivity index (χ0) is 12.5. The zero-order valence-corrected chi connectivity index (χ0v) is 11.1. The molecule has 1 aromatic rings. The Morgan fingerprint density at radius 3 is 2.82 bits per heavy atom. The summed E-state index contributed by atoms with van der Waals surface area (Å²) >= 11 is 1.74. The highest BCUT2D eigenvalue weighted by atomic mass is 32.2. The first kappa shape index (κ1) is 14.1. The molecule has 0 heterocycles. The van der Waals surface area contributed by atoms with Crippen molar-refractivity contribution in [3.05, 3.63) is 24.3 Å². The molecule has 17 heavy (non-hydrogen) atoms. The van der Waals surface area contributed by atoms with E-state index in [4.69, 9.17) is 5.73 Å². The summed E-state index contributed by atoms with van der Waals surface area (Å²) in [6, 6.07) is 7.90. The van der Waals surface area contributed by atoms with Gasteiger partial charge in [0.1, 0.15) is 0 Å². The van der Waals surface area contributed by atoms with Crippen LogP contribution in [0.15, 0.2) is 29.2 Å². The van der Waals surface area contributed by atoms with Crippen LogP contribution in [0, 0.1) is 0 Å². The van der Waals surface area contributed by atoms with Gasteiger partial charge in [0.2, 0.25) is 5.91 Å². The fraction of sp³-hybridized carbons (Fsp3) is 0.462. The second-order valence-corrected chi connectivity index (χ2v) is 5.03. The molecule has 0 aliphatic rings. The zero-order valence-electron chi connectivity index (χ0n) is 10.2. The Labute approximate surface area is 107 Å². The summed E-state index contributed by atoms with van der Waals surface area (Å²) in [5.41, 5.74) is 6.31. The van der Waals surface area contributed by atoms with Crippen molar-refractivity contribution < 1.29 is 4.79 Å². The van der Waals surface area contributed by atoms with Crippen molar-refractivity contribution in [2.45, 2.75) is 31.1 Å². The van der Waals surface area contributed by atoms with Crippen LogP contribution in [-0.4, -0.2) is 18.2 Å². The molecule has 0 aromatic heterocycles. The number of unbranched alkanes of at least 4 members (excludes halogenated alkanes) is 1. The Balaban J connectivity index is 2.52. The summed E-state index contributed by atoms with van der Waals surface area (Å²) in [7, 11) is 0. The van der Waals surface area contributed by atoms with E-state index in [1.165, 1.54) is 0 Å². The number of amides is 1. The third kappa shape index (κ3) is 5.24. The van der Waals surface area contributed by atoms with Crippen LogP contribution in [0.4, 0.5) is 5.69 Å². The van der Waals surface area contributed by atoms with E-state index in [9.17, 15) is 4.79 Å². The molecule has 0 aliphatic carbocycles. The summed E-state index contributed by atoms with van der Waals surface area (Å²) in [5, 5.41) is 2.95. The van der Waals surface area contributed by atoms with Crippen LogP contribution in [-0.2, 0) is 4.79 Å². The van der Waals surface area contributed by atoms with E-state index >= 15 is 0 Å². The molecule has 0 radical (unpaired) electrons. The monoisotopic (exact) mass is 252 g/mol. The van der Waals surface area contributed by atoms with E-state index in [2.05, 4.69) is 12.2 Å². The van der Waals surface area contributed by atoms with Gasteiger partial charge in [-0.3, -0.25) is 4.79 Å². The minimum absolute atomic E-state index is 0.0719. The molecule has 4 heteroatoms. The molecule has 0 saturated heterocycles. The smallest absolute Gasteiger partial charge is 0.224 e. The van der Waals surface area contributed by atoms with Crippen molar-refractivity contribution in [1.82, 2.24) is 0 Å². The summed E-state index contributed by atoms with van der Waals surface area (Å²) in [6.07, 6.45) is 2.30. The Hall–Kier alpha value is -1.00. The third-order valence-electron chi connectivity index (χ3n) is 2.32. The maximum Gasteiger partial charge on any atom is 0.224 e. The number of benzene rings is 1. The number of nitrogens with one attached hydrogen (secondary N) is 1. The Morgan fingerprint density at radius 2 is 2.12 bits per heavy atom. The van der Waals surface area contributed by atoms with E-state index in [1.54, 1.807) is 11.8 Å². The number of anilines is 1. The standard InChI is InChI=1S/C13H20N2OS/c1-2-17-12-8-4-3-7-11(12)15-13(16)9-5-6-10-14/h3-4,7-8H,2,5-6,9-10,14H2,1H3,(H,15,16). The van der Waals surface area contributed by atoms with Gasteiger partial charge in [0.15, 0.2) is 0 Å². The lowest BCUT2D eigenvalue weighted by Crippen LogP contribution is -2.12. The van der Waals surface area contributed by atoms with Gasteiger partial charge in [0.25, 0.3) is 0 Å². The first-order chi connectivity index (χ1) is 8.27. The SMILES string of the molecule is CCSc1ccccc1NC(=O)CCCCN. The molecule has 0 atom stereocenters. The number of carbonyl (C=O) groups excluding carboxylic acids is 1. The van der Waals surface area contributed by atoms with Crippen LogP contribution in [0.25, 0.3) is 0 Å². The number of para-hydroxylation sites is 1. The predicted molar refractivity (Wildman–Crippen MR) is 74.4 cm³/mol. The molecule has 3 nitrogen and oxygen atoms in total. The number of thioether (sulfide) groups is 1. The third-order valence-corrected chi connectivity index (χ3v) is 3.27. The lowest BCUT2D eigenvalue weighted by molar-refractivity contribution is -0.116. The van der Waals surface area contributed by atoms with Gasteiger partial charge in [0, 0.05) is 11.3 Å². The van der Waals surface area contributed by atoms with Crippen molar-refractivity contribution in [2.75, 3.05) is 17.6 Å². The van der Waals surface area contributed by atoms with Gasteiger partial charge in [-0.2, -0.15) is 0 Å². The second-order valence-electron chi connectivity index (χ2n) is 3.72. The first-order valence-corrected chi connectivity index (χ1v) is 6.98. The van der Waals surface area contributed by atoms with Gasteiger partial charge >= 0.3 is 0 Å². The largest absolute Gasteiger partial charge is 0.330 e. The number of nitrogens with two attached hydrogens (primary N) is 1. The Kier molecular flexibility index (Phi) is 6.74. The molecule has 3 N–H and O–H groups in total. The molecule has 0 spiro atoms. The molecule has 0 saturated carbocycles. The number of hydrogen-bond acceptors (Lipinski definition) is 3. The Morgan fingerprint density at radius 1 is 1.35 bits per heavy atom. The van der Waals surface area contributed by atoms with E-state index in [1.807, 2.05) is 24.3 Å². The van der Waals surface area contributed by atoms with Crippen molar-refractivity contribution in [3.8, 4) is 0 Å². The average molecular weight is 252 g/mol. The first-order valence-electron chi connectivity index (χ1n) is 5.99. The molecule has 1 rings (SSSR count).